The lowest BCUT2D eigenvalue weighted by Gasteiger charge is -2.35. The third-order valence-electron chi connectivity index (χ3n) is 3.88. The summed E-state index contributed by atoms with van der Waals surface area (Å²) in [6.45, 7) is 12.7. The van der Waals surface area contributed by atoms with Crippen LogP contribution in [0, 0.1) is 6.92 Å². The van der Waals surface area contributed by atoms with Gasteiger partial charge in [0.2, 0.25) is 5.95 Å². The first-order chi connectivity index (χ1) is 8.92. The number of nitrogens with zero attached hydrogens (tertiary/aromatic N) is 3. The second kappa shape index (κ2) is 6.85. The van der Waals surface area contributed by atoms with Gasteiger partial charge in [0.05, 0.1) is 0 Å². The van der Waals surface area contributed by atoms with Crippen molar-refractivity contribution in [3.05, 3.63) is 17.5 Å². The Hall–Kier alpha value is -1.16. The summed E-state index contributed by atoms with van der Waals surface area (Å²) in [5.41, 5.74) is 2.32. The number of aryl methyl sites for hydroxylation is 1. The van der Waals surface area contributed by atoms with Crippen molar-refractivity contribution in [1.82, 2.24) is 15.3 Å². The largest absolute Gasteiger partial charge is 0.339 e. The summed E-state index contributed by atoms with van der Waals surface area (Å²) in [4.78, 5) is 11.3. The van der Waals surface area contributed by atoms with E-state index in [2.05, 4.69) is 61.9 Å². The van der Waals surface area contributed by atoms with E-state index in [1.54, 1.807) is 0 Å². The molecule has 4 heteroatoms. The third kappa shape index (κ3) is 4.16. The van der Waals surface area contributed by atoms with Crippen molar-refractivity contribution in [3.8, 4) is 0 Å². The molecule has 0 bridgehead atoms. The minimum Gasteiger partial charge on any atom is -0.339 e. The standard InChI is InChI=1S/C15H28N4/c1-7-9-16-10-13-11-17-14(18-12(13)3)19(6)15(4,5)8-2/h11,16H,7-10H2,1-6H3. The lowest BCUT2D eigenvalue weighted by Crippen LogP contribution is -2.41. The molecule has 0 saturated carbocycles. The molecule has 0 unspecified atom stereocenters. The maximum atomic E-state index is 4.64. The van der Waals surface area contributed by atoms with Crippen molar-refractivity contribution < 1.29 is 0 Å². The molecule has 1 heterocycles. The Labute approximate surface area is 117 Å². The lowest BCUT2D eigenvalue weighted by molar-refractivity contribution is 0.462. The minimum atomic E-state index is 0.0778. The molecule has 0 aromatic carbocycles. The van der Waals surface area contributed by atoms with Crippen LogP contribution in [0.15, 0.2) is 6.20 Å². The molecule has 0 saturated heterocycles. The Bertz CT molecular complexity index is 401. The molecule has 0 spiro atoms. The highest BCUT2D eigenvalue weighted by Gasteiger charge is 2.23. The van der Waals surface area contributed by atoms with E-state index >= 15 is 0 Å². The fraction of sp³-hybridized carbons (Fsp3) is 0.733. The summed E-state index contributed by atoms with van der Waals surface area (Å²) in [5.74, 6) is 0.809. The van der Waals surface area contributed by atoms with E-state index in [9.17, 15) is 0 Å². The fourth-order valence-electron chi connectivity index (χ4n) is 1.72. The maximum Gasteiger partial charge on any atom is 0.225 e. The van der Waals surface area contributed by atoms with Crippen molar-refractivity contribution in [3.63, 3.8) is 0 Å². The van der Waals surface area contributed by atoms with Crippen LogP contribution in [0.2, 0.25) is 0 Å². The van der Waals surface area contributed by atoms with Gasteiger partial charge in [-0.2, -0.15) is 0 Å². The van der Waals surface area contributed by atoms with Gasteiger partial charge in [-0.1, -0.05) is 13.8 Å². The van der Waals surface area contributed by atoms with E-state index in [0.717, 1.165) is 37.6 Å². The normalized spacial score (nSPS) is 11.7. The zero-order chi connectivity index (χ0) is 14.5. The van der Waals surface area contributed by atoms with E-state index in [-0.39, 0.29) is 5.54 Å². The van der Waals surface area contributed by atoms with Gasteiger partial charge >= 0.3 is 0 Å². The zero-order valence-corrected chi connectivity index (χ0v) is 13.2. The third-order valence-corrected chi connectivity index (χ3v) is 3.88. The van der Waals surface area contributed by atoms with Crippen LogP contribution in [0.5, 0.6) is 0 Å². The monoisotopic (exact) mass is 264 g/mol. The summed E-state index contributed by atoms with van der Waals surface area (Å²) in [5, 5.41) is 3.39. The molecule has 0 atom stereocenters. The molecule has 1 aromatic heterocycles. The topological polar surface area (TPSA) is 41.1 Å². The van der Waals surface area contributed by atoms with Crippen LogP contribution in [0.25, 0.3) is 0 Å². The summed E-state index contributed by atoms with van der Waals surface area (Å²) in [6.07, 6.45) is 4.15. The van der Waals surface area contributed by atoms with Crippen LogP contribution >= 0.6 is 0 Å². The predicted octanol–water partition coefficient (Wildman–Crippen LogP) is 2.91. The molecule has 108 valence electrons. The van der Waals surface area contributed by atoms with E-state index in [1.165, 1.54) is 5.56 Å². The SMILES string of the molecule is CCCNCc1cnc(N(C)C(C)(C)CC)nc1C. The molecule has 1 rings (SSSR count). The number of aromatic nitrogens is 2. The fourth-order valence-corrected chi connectivity index (χ4v) is 1.72. The van der Waals surface area contributed by atoms with Gasteiger partial charge in [-0.15, -0.1) is 0 Å². The summed E-state index contributed by atoms with van der Waals surface area (Å²) in [7, 11) is 2.06. The average Bonchev–Trinajstić information content (AvgIpc) is 2.40. The predicted molar refractivity (Wildman–Crippen MR) is 81.5 cm³/mol. The van der Waals surface area contributed by atoms with Crippen LogP contribution in [-0.4, -0.2) is 29.1 Å². The first kappa shape index (κ1) is 15.9. The summed E-state index contributed by atoms with van der Waals surface area (Å²) in [6, 6.07) is 0. The van der Waals surface area contributed by atoms with Gasteiger partial charge < -0.3 is 10.2 Å². The smallest absolute Gasteiger partial charge is 0.225 e. The zero-order valence-electron chi connectivity index (χ0n) is 13.2. The molecule has 0 aliphatic rings. The van der Waals surface area contributed by atoms with E-state index in [0.29, 0.717) is 0 Å². The second-order valence-corrected chi connectivity index (χ2v) is 5.68. The van der Waals surface area contributed by atoms with Gasteiger partial charge in [0.15, 0.2) is 0 Å². The number of hydrogen-bond donors (Lipinski definition) is 1. The lowest BCUT2D eigenvalue weighted by atomic mass is 10.0. The van der Waals surface area contributed by atoms with Crippen molar-refractivity contribution in [2.45, 2.75) is 59.5 Å². The molecule has 0 radical (unpaired) electrons. The highest BCUT2D eigenvalue weighted by molar-refractivity contribution is 5.35. The molecular formula is C15H28N4. The van der Waals surface area contributed by atoms with E-state index in [4.69, 9.17) is 0 Å². The van der Waals surface area contributed by atoms with Crippen LogP contribution in [0.4, 0.5) is 5.95 Å². The van der Waals surface area contributed by atoms with Gasteiger partial charge in [0, 0.05) is 36.6 Å². The number of nitrogens with one attached hydrogen (secondary N) is 1. The van der Waals surface area contributed by atoms with Gasteiger partial charge in [0.25, 0.3) is 0 Å². The highest BCUT2D eigenvalue weighted by Crippen LogP contribution is 2.22. The van der Waals surface area contributed by atoms with Crippen LogP contribution in [-0.2, 0) is 6.54 Å². The van der Waals surface area contributed by atoms with Gasteiger partial charge in [-0.3, -0.25) is 0 Å². The molecule has 19 heavy (non-hydrogen) atoms. The molecular weight excluding hydrogens is 236 g/mol. The van der Waals surface area contributed by atoms with Crippen molar-refractivity contribution in [2.75, 3.05) is 18.5 Å². The van der Waals surface area contributed by atoms with E-state index in [1.807, 2.05) is 6.20 Å². The number of hydrogen-bond acceptors (Lipinski definition) is 4. The Morgan fingerprint density at radius 2 is 2.00 bits per heavy atom. The van der Waals surface area contributed by atoms with Crippen LogP contribution in [0.3, 0.4) is 0 Å². The number of anilines is 1. The van der Waals surface area contributed by atoms with Gasteiger partial charge in [-0.25, -0.2) is 9.97 Å². The van der Waals surface area contributed by atoms with Crippen molar-refractivity contribution >= 4 is 5.95 Å². The Balaban J connectivity index is 2.81. The molecule has 0 aliphatic carbocycles. The van der Waals surface area contributed by atoms with Gasteiger partial charge in [-0.05, 0) is 40.2 Å². The Morgan fingerprint density at radius 3 is 2.53 bits per heavy atom. The molecule has 0 aliphatic heterocycles. The molecule has 4 nitrogen and oxygen atoms in total. The first-order valence-corrected chi connectivity index (χ1v) is 7.19. The first-order valence-electron chi connectivity index (χ1n) is 7.19. The minimum absolute atomic E-state index is 0.0778. The Kier molecular flexibility index (Phi) is 5.73. The van der Waals surface area contributed by atoms with Gasteiger partial charge in [0.1, 0.15) is 0 Å². The van der Waals surface area contributed by atoms with Crippen LogP contribution < -0.4 is 10.2 Å². The molecule has 1 aromatic rings. The second-order valence-electron chi connectivity index (χ2n) is 5.68. The maximum absolute atomic E-state index is 4.64. The van der Waals surface area contributed by atoms with Crippen molar-refractivity contribution in [1.29, 1.82) is 0 Å². The van der Waals surface area contributed by atoms with E-state index < -0.39 is 0 Å². The molecule has 1 N–H and O–H groups in total. The van der Waals surface area contributed by atoms with Crippen LogP contribution in [0.1, 0.15) is 51.8 Å². The highest BCUT2D eigenvalue weighted by atomic mass is 15.3. The summed E-state index contributed by atoms with van der Waals surface area (Å²) < 4.78 is 0. The summed E-state index contributed by atoms with van der Waals surface area (Å²) >= 11 is 0. The molecule has 0 amide bonds. The Morgan fingerprint density at radius 1 is 1.32 bits per heavy atom. The van der Waals surface area contributed by atoms with Crippen molar-refractivity contribution in [2.24, 2.45) is 0 Å². The average molecular weight is 264 g/mol. The quantitative estimate of drug-likeness (QED) is 0.769. The molecule has 0 fully saturated rings. The number of rotatable bonds is 7.